The molecule has 124 valence electrons. The first-order chi connectivity index (χ1) is 11.5. The number of aromatic nitrogens is 3. The average Bonchev–Trinajstić information content (AvgIpc) is 3.13. The van der Waals surface area contributed by atoms with Crippen LogP contribution in [0.4, 0.5) is 5.13 Å². The normalized spacial score (nSPS) is 10.6. The SMILES string of the molecule is Cc1noc(C)c1C(=O)Nc1nnc(COc2ccc(Cl)cc2)s1. The summed E-state index contributed by atoms with van der Waals surface area (Å²) in [6.45, 7) is 3.64. The quantitative estimate of drug-likeness (QED) is 0.743. The van der Waals surface area contributed by atoms with E-state index in [2.05, 4.69) is 20.7 Å². The Morgan fingerprint density at radius 2 is 2.04 bits per heavy atom. The van der Waals surface area contributed by atoms with Crippen molar-refractivity contribution in [2.75, 3.05) is 5.32 Å². The zero-order chi connectivity index (χ0) is 17.1. The van der Waals surface area contributed by atoms with E-state index in [9.17, 15) is 4.79 Å². The predicted octanol–water partition coefficient (Wildman–Crippen LogP) is 3.63. The summed E-state index contributed by atoms with van der Waals surface area (Å²) >= 11 is 7.05. The number of ether oxygens (including phenoxy) is 1. The minimum absolute atomic E-state index is 0.250. The summed E-state index contributed by atoms with van der Waals surface area (Å²) in [5, 5.41) is 16.0. The number of hydrogen-bond acceptors (Lipinski definition) is 7. The minimum Gasteiger partial charge on any atom is -0.486 e. The molecular formula is C15H13ClN4O3S. The molecule has 0 atom stereocenters. The molecule has 0 unspecified atom stereocenters. The Bertz CT molecular complexity index is 840. The highest BCUT2D eigenvalue weighted by Crippen LogP contribution is 2.21. The van der Waals surface area contributed by atoms with Gasteiger partial charge in [-0.3, -0.25) is 10.1 Å². The number of amides is 1. The molecular weight excluding hydrogens is 352 g/mol. The molecule has 1 amide bonds. The Morgan fingerprint density at radius 3 is 2.71 bits per heavy atom. The van der Waals surface area contributed by atoms with E-state index in [-0.39, 0.29) is 12.5 Å². The van der Waals surface area contributed by atoms with Crippen molar-refractivity contribution >= 4 is 34.0 Å². The first-order valence-corrected chi connectivity index (χ1v) is 8.17. The lowest BCUT2D eigenvalue weighted by atomic mass is 10.2. The fourth-order valence-electron chi connectivity index (χ4n) is 2.01. The van der Waals surface area contributed by atoms with Crippen LogP contribution >= 0.6 is 22.9 Å². The maximum Gasteiger partial charge on any atom is 0.263 e. The number of halogens is 1. The molecule has 1 aromatic carbocycles. The number of nitrogens with one attached hydrogen (secondary N) is 1. The van der Waals surface area contributed by atoms with Gasteiger partial charge < -0.3 is 9.26 Å². The molecule has 24 heavy (non-hydrogen) atoms. The highest BCUT2D eigenvalue weighted by molar-refractivity contribution is 7.15. The van der Waals surface area contributed by atoms with Crippen molar-refractivity contribution in [1.29, 1.82) is 0 Å². The zero-order valence-corrected chi connectivity index (χ0v) is 14.4. The number of rotatable bonds is 5. The standard InChI is InChI=1S/C15H13ClN4O3S/c1-8-13(9(2)23-20-8)14(21)17-15-19-18-12(24-15)7-22-11-5-3-10(16)4-6-11/h3-6H,7H2,1-2H3,(H,17,19,21). The molecule has 0 aliphatic heterocycles. The van der Waals surface area contributed by atoms with Gasteiger partial charge in [-0.1, -0.05) is 28.1 Å². The van der Waals surface area contributed by atoms with Gasteiger partial charge in [-0.2, -0.15) is 0 Å². The Morgan fingerprint density at radius 1 is 1.29 bits per heavy atom. The van der Waals surface area contributed by atoms with E-state index in [1.165, 1.54) is 11.3 Å². The highest BCUT2D eigenvalue weighted by atomic mass is 35.5. The largest absolute Gasteiger partial charge is 0.486 e. The number of carbonyl (C=O) groups excluding carboxylic acids is 1. The van der Waals surface area contributed by atoms with Crippen molar-refractivity contribution in [3.05, 3.63) is 51.3 Å². The van der Waals surface area contributed by atoms with Gasteiger partial charge in [0.05, 0.1) is 5.69 Å². The summed E-state index contributed by atoms with van der Waals surface area (Å²) in [5.41, 5.74) is 0.935. The molecule has 2 heterocycles. The fourth-order valence-corrected chi connectivity index (χ4v) is 2.78. The maximum absolute atomic E-state index is 12.2. The van der Waals surface area contributed by atoms with Crippen molar-refractivity contribution in [3.8, 4) is 5.75 Å². The molecule has 0 spiro atoms. The topological polar surface area (TPSA) is 90.1 Å². The van der Waals surface area contributed by atoms with Crippen LogP contribution in [0.15, 0.2) is 28.8 Å². The molecule has 9 heteroatoms. The maximum atomic E-state index is 12.2. The Balaban J connectivity index is 1.61. The van der Waals surface area contributed by atoms with E-state index in [0.717, 1.165) is 0 Å². The molecule has 3 rings (SSSR count). The molecule has 2 aromatic heterocycles. The van der Waals surface area contributed by atoms with Crippen molar-refractivity contribution in [2.45, 2.75) is 20.5 Å². The van der Waals surface area contributed by atoms with Crippen LogP contribution in [0.5, 0.6) is 5.75 Å². The van der Waals surface area contributed by atoms with Crippen LogP contribution in [-0.4, -0.2) is 21.3 Å². The predicted molar refractivity (Wildman–Crippen MR) is 89.6 cm³/mol. The third-order valence-electron chi connectivity index (χ3n) is 3.12. The molecule has 0 aliphatic rings. The zero-order valence-electron chi connectivity index (χ0n) is 12.9. The first-order valence-electron chi connectivity index (χ1n) is 6.98. The summed E-state index contributed by atoms with van der Waals surface area (Å²) < 4.78 is 10.6. The van der Waals surface area contributed by atoms with Crippen LogP contribution in [0.3, 0.4) is 0 Å². The van der Waals surface area contributed by atoms with Crippen LogP contribution in [0.25, 0.3) is 0 Å². The van der Waals surface area contributed by atoms with E-state index in [1.54, 1.807) is 38.1 Å². The van der Waals surface area contributed by atoms with Crippen molar-refractivity contribution in [1.82, 2.24) is 15.4 Å². The fraction of sp³-hybridized carbons (Fsp3) is 0.200. The third kappa shape index (κ3) is 3.72. The average molecular weight is 365 g/mol. The second-order valence-electron chi connectivity index (χ2n) is 4.90. The van der Waals surface area contributed by atoms with E-state index >= 15 is 0 Å². The molecule has 1 N–H and O–H groups in total. The van der Waals surface area contributed by atoms with Gasteiger partial charge in [0.15, 0.2) is 5.01 Å². The second-order valence-corrected chi connectivity index (χ2v) is 6.40. The molecule has 0 saturated carbocycles. The number of hydrogen-bond donors (Lipinski definition) is 1. The van der Waals surface area contributed by atoms with Crippen molar-refractivity contribution < 1.29 is 14.1 Å². The van der Waals surface area contributed by atoms with Crippen molar-refractivity contribution in [3.63, 3.8) is 0 Å². The molecule has 7 nitrogen and oxygen atoms in total. The van der Waals surface area contributed by atoms with Crippen LogP contribution < -0.4 is 10.1 Å². The number of aryl methyl sites for hydroxylation is 2. The van der Waals surface area contributed by atoms with Gasteiger partial charge >= 0.3 is 0 Å². The molecule has 0 fully saturated rings. The van der Waals surface area contributed by atoms with E-state index in [4.69, 9.17) is 20.9 Å². The summed E-state index contributed by atoms with van der Waals surface area (Å²) in [6.07, 6.45) is 0. The number of benzene rings is 1. The summed E-state index contributed by atoms with van der Waals surface area (Å²) in [7, 11) is 0. The summed E-state index contributed by atoms with van der Waals surface area (Å²) in [5.74, 6) is 0.810. The Hall–Kier alpha value is -2.45. The van der Waals surface area contributed by atoms with Crippen LogP contribution in [0, 0.1) is 13.8 Å². The van der Waals surface area contributed by atoms with Gasteiger partial charge in [-0.05, 0) is 38.1 Å². The van der Waals surface area contributed by atoms with Crippen LogP contribution in [0.1, 0.15) is 26.8 Å². The molecule has 0 bridgehead atoms. The second kappa shape index (κ2) is 6.98. The molecule has 0 radical (unpaired) electrons. The van der Waals surface area contributed by atoms with Crippen LogP contribution in [-0.2, 0) is 6.61 Å². The lowest BCUT2D eigenvalue weighted by molar-refractivity contribution is 0.102. The molecule has 3 aromatic rings. The summed E-state index contributed by atoms with van der Waals surface area (Å²) in [6, 6.07) is 7.02. The van der Waals surface area contributed by atoms with E-state index in [1.807, 2.05) is 0 Å². The molecule has 0 aliphatic carbocycles. The third-order valence-corrected chi connectivity index (χ3v) is 4.19. The number of anilines is 1. The lowest BCUT2D eigenvalue weighted by Crippen LogP contribution is -2.13. The van der Waals surface area contributed by atoms with Gasteiger partial charge in [-0.15, -0.1) is 10.2 Å². The van der Waals surface area contributed by atoms with Crippen LogP contribution in [0.2, 0.25) is 5.02 Å². The first kappa shape index (κ1) is 16.4. The van der Waals surface area contributed by atoms with E-state index < -0.39 is 0 Å². The van der Waals surface area contributed by atoms with Crippen molar-refractivity contribution in [2.24, 2.45) is 0 Å². The highest BCUT2D eigenvalue weighted by Gasteiger charge is 2.19. The summed E-state index contributed by atoms with van der Waals surface area (Å²) in [4.78, 5) is 12.2. The van der Waals surface area contributed by atoms with Gasteiger partial charge in [0.2, 0.25) is 5.13 Å². The molecule has 0 saturated heterocycles. The van der Waals surface area contributed by atoms with Gasteiger partial charge in [0.1, 0.15) is 23.7 Å². The van der Waals surface area contributed by atoms with Gasteiger partial charge in [0.25, 0.3) is 5.91 Å². The Labute approximate surface area is 146 Å². The number of carbonyl (C=O) groups is 1. The van der Waals surface area contributed by atoms with Gasteiger partial charge in [0, 0.05) is 5.02 Å². The van der Waals surface area contributed by atoms with E-state index in [0.29, 0.717) is 37.9 Å². The lowest BCUT2D eigenvalue weighted by Gasteiger charge is -2.02. The number of nitrogens with zero attached hydrogens (tertiary/aromatic N) is 3. The van der Waals surface area contributed by atoms with Gasteiger partial charge in [-0.25, -0.2) is 0 Å². The smallest absolute Gasteiger partial charge is 0.263 e. The Kier molecular flexibility index (Phi) is 4.77. The minimum atomic E-state index is -0.326. The monoisotopic (exact) mass is 364 g/mol.